The van der Waals surface area contributed by atoms with Crippen molar-refractivity contribution >= 4 is 78.5 Å². The smallest absolute Gasteiger partial charge is 0.126 e. The summed E-state index contributed by atoms with van der Waals surface area (Å²) in [4.78, 5) is 0. The molecule has 1 rings (SSSR count). The summed E-state index contributed by atoms with van der Waals surface area (Å²) in [6.07, 6.45) is 0. The highest BCUT2D eigenvalue weighted by Gasteiger charge is 2.43. The van der Waals surface area contributed by atoms with Gasteiger partial charge in [-0.25, -0.2) is 0 Å². The first kappa shape index (κ1) is 15.5. The predicted molar refractivity (Wildman–Crippen MR) is 80.6 cm³/mol. The maximum absolute atomic E-state index is 6.06. The van der Waals surface area contributed by atoms with Crippen LogP contribution in [-0.2, 0) is 0 Å². The fraction of sp³-hybridized carbons (Fsp3) is 0.250. The fourth-order valence-electron chi connectivity index (χ4n) is 1.34. The van der Waals surface area contributed by atoms with Gasteiger partial charge >= 0.3 is 12.0 Å². The first-order valence-corrected chi connectivity index (χ1v) is 14.7. The third-order valence-electron chi connectivity index (χ3n) is 2.03. The first-order valence-electron chi connectivity index (χ1n) is 4.38. The Morgan fingerprint density at radius 2 is 1.38 bits per heavy atom. The summed E-state index contributed by atoms with van der Waals surface area (Å²) in [5.41, 5.74) is 0.658. The molecule has 0 spiro atoms. The zero-order chi connectivity index (χ0) is 12.4. The van der Waals surface area contributed by atoms with Gasteiger partial charge in [0.15, 0.2) is 0 Å². The van der Waals surface area contributed by atoms with Crippen LogP contribution in [-0.4, -0.2) is 12.0 Å². The minimum Gasteiger partial charge on any atom is -0.126 e. The molecule has 0 saturated heterocycles. The highest BCUT2D eigenvalue weighted by Crippen LogP contribution is 2.44. The van der Waals surface area contributed by atoms with Crippen molar-refractivity contribution in [3.8, 4) is 0 Å². The van der Waals surface area contributed by atoms with Crippen molar-refractivity contribution < 1.29 is 0 Å². The Morgan fingerprint density at radius 3 is 1.75 bits per heavy atom. The van der Waals surface area contributed by atoms with Crippen LogP contribution < -0.4 is 0 Å². The Kier molecular flexibility index (Phi) is 5.82. The summed E-state index contributed by atoms with van der Waals surface area (Å²) in [6, 6.07) is 4.03. The molecule has 1 atom stereocenters. The fourth-order valence-corrected chi connectivity index (χ4v) is 10.2. The molecule has 0 aromatic heterocycles. The van der Waals surface area contributed by atoms with Crippen LogP contribution in [0.5, 0.6) is 0 Å². The van der Waals surface area contributed by atoms with Crippen LogP contribution in [0.15, 0.2) is 30.3 Å². The van der Waals surface area contributed by atoms with Gasteiger partial charge in [-0.15, -0.1) is 66.5 Å². The second kappa shape index (κ2) is 6.02. The summed E-state index contributed by atoms with van der Waals surface area (Å²) in [5, 5.41) is 0. The summed E-state index contributed by atoms with van der Waals surface area (Å²) >= 11 is 35.9. The molecule has 16 heavy (non-hydrogen) atoms. The molecule has 0 aliphatic heterocycles. The van der Waals surface area contributed by atoms with E-state index in [9.17, 15) is 0 Å². The predicted octanol–water partition coefficient (Wildman–Crippen LogP) is 5.62. The minimum absolute atomic E-state index is 0.266. The Labute approximate surface area is 125 Å². The molecule has 0 bridgehead atoms. The van der Waals surface area contributed by atoms with Crippen LogP contribution in [0, 0.1) is 0 Å². The molecular formula is C8H8Cl6Si2. The topological polar surface area (TPSA) is 0 Å². The molecule has 0 aliphatic carbocycles. The standard InChI is InChI=1S/C8H8Cl6Si2/c9-15(10,11)6-8(16(12,13)14)7-4-2-1-3-5-7/h1-5,8H,6H2. The molecule has 90 valence electrons. The van der Waals surface area contributed by atoms with Crippen molar-refractivity contribution in [2.75, 3.05) is 0 Å². The monoisotopic (exact) mass is 370 g/mol. The third-order valence-corrected chi connectivity index (χ3v) is 8.40. The van der Waals surface area contributed by atoms with Gasteiger partial charge in [0.05, 0.1) is 0 Å². The largest absolute Gasteiger partial charge is 0.348 e. The van der Waals surface area contributed by atoms with E-state index in [-0.39, 0.29) is 5.54 Å². The van der Waals surface area contributed by atoms with Crippen LogP contribution in [0.2, 0.25) is 6.04 Å². The van der Waals surface area contributed by atoms with Gasteiger partial charge in [-0.3, -0.25) is 0 Å². The molecule has 0 radical (unpaired) electrons. The quantitative estimate of drug-likeness (QED) is 0.475. The van der Waals surface area contributed by atoms with Crippen molar-refractivity contribution in [2.24, 2.45) is 0 Å². The Morgan fingerprint density at radius 1 is 0.875 bits per heavy atom. The van der Waals surface area contributed by atoms with E-state index >= 15 is 0 Å². The molecule has 1 aromatic carbocycles. The van der Waals surface area contributed by atoms with Crippen LogP contribution in [0.3, 0.4) is 0 Å². The average molecular weight is 373 g/mol. The molecule has 0 amide bonds. The second-order valence-corrected chi connectivity index (χ2v) is 21.4. The normalized spacial score (nSPS) is 14.9. The summed E-state index contributed by atoms with van der Waals surface area (Å²) in [5.74, 6) is 0. The van der Waals surface area contributed by atoms with Crippen molar-refractivity contribution in [3.63, 3.8) is 0 Å². The molecule has 0 nitrogen and oxygen atoms in total. The lowest BCUT2D eigenvalue weighted by Gasteiger charge is -2.24. The van der Waals surface area contributed by atoms with Gasteiger partial charge in [0.1, 0.15) is 0 Å². The van der Waals surface area contributed by atoms with Gasteiger partial charge in [0.2, 0.25) is 0 Å². The van der Waals surface area contributed by atoms with Gasteiger partial charge in [0.25, 0.3) is 0 Å². The molecule has 0 fully saturated rings. The number of halogens is 6. The van der Waals surface area contributed by atoms with Crippen molar-refractivity contribution in [2.45, 2.75) is 11.6 Å². The van der Waals surface area contributed by atoms with E-state index in [1.165, 1.54) is 0 Å². The van der Waals surface area contributed by atoms with E-state index < -0.39 is 12.0 Å². The van der Waals surface area contributed by atoms with Crippen LogP contribution in [0.4, 0.5) is 0 Å². The zero-order valence-corrected chi connectivity index (χ0v) is 14.5. The lowest BCUT2D eigenvalue weighted by molar-refractivity contribution is 1.05. The van der Waals surface area contributed by atoms with Gasteiger partial charge in [-0.05, 0) is 11.6 Å². The maximum atomic E-state index is 6.06. The van der Waals surface area contributed by atoms with Gasteiger partial charge < -0.3 is 0 Å². The Hall–Kier alpha value is 1.39. The Balaban J connectivity index is 2.98. The van der Waals surface area contributed by atoms with Gasteiger partial charge in [-0.1, -0.05) is 30.3 Å². The number of benzene rings is 1. The van der Waals surface area contributed by atoms with Gasteiger partial charge in [0, 0.05) is 5.54 Å². The molecular weight excluding hydrogens is 365 g/mol. The molecule has 1 aromatic rings. The molecule has 0 aliphatic rings. The molecule has 0 heterocycles. The Bertz CT molecular complexity index is 331. The van der Waals surface area contributed by atoms with E-state index in [4.69, 9.17) is 66.5 Å². The lowest BCUT2D eigenvalue weighted by atomic mass is 10.2. The maximum Gasteiger partial charge on any atom is 0.348 e. The van der Waals surface area contributed by atoms with E-state index in [0.29, 0.717) is 6.04 Å². The van der Waals surface area contributed by atoms with E-state index in [1.807, 2.05) is 30.3 Å². The van der Waals surface area contributed by atoms with Crippen LogP contribution >= 0.6 is 66.5 Å². The van der Waals surface area contributed by atoms with Crippen molar-refractivity contribution in [1.29, 1.82) is 0 Å². The minimum atomic E-state index is -2.94. The first-order chi connectivity index (χ1) is 7.20. The van der Waals surface area contributed by atoms with Crippen molar-refractivity contribution in [1.82, 2.24) is 0 Å². The van der Waals surface area contributed by atoms with Gasteiger partial charge in [-0.2, -0.15) is 0 Å². The van der Waals surface area contributed by atoms with Crippen LogP contribution in [0.25, 0.3) is 0 Å². The number of rotatable bonds is 4. The summed E-state index contributed by atoms with van der Waals surface area (Å²) in [7, 11) is 0. The van der Waals surface area contributed by atoms with E-state index in [0.717, 1.165) is 5.56 Å². The zero-order valence-electron chi connectivity index (χ0n) is 7.94. The third kappa shape index (κ3) is 5.36. The van der Waals surface area contributed by atoms with E-state index in [1.54, 1.807) is 0 Å². The molecule has 0 N–H and O–H groups in total. The second-order valence-electron chi connectivity index (χ2n) is 3.32. The summed E-state index contributed by atoms with van der Waals surface area (Å²) in [6.45, 7) is 0. The number of hydrogen-bond donors (Lipinski definition) is 0. The SMILES string of the molecule is Cl[Si](Cl)(Cl)CC(c1ccccc1)[Si](Cl)(Cl)Cl. The highest BCUT2D eigenvalue weighted by atomic mass is 35.8. The van der Waals surface area contributed by atoms with Crippen molar-refractivity contribution in [3.05, 3.63) is 35.9 Å². The van der Waals surface area contributed by atoms with E-state index in [2.05, 4.69) is 0 Å². The average Bonchev–Trinajstić information content (AvgIpc) is 2.13. The summed E-state index contributed by atoms with van der Waals surface area (Å²) < 4.78 is 0. The molecule has 0 saturated carbocycles. The number of hydrogen-bond acceptors (Lipinski definition) is 0. The molecule has 1 unspecified atom stereocenters. The highest BCUT2D eigenvalue weighted by molar-refractivity contribution is 7.67. The van der Waals surface area contributed by atoms with Crippen LogP contribution in [0.1, 0.15) is 11.1 Å². The lowest BCUT2D eigenvalue weighted by Crippen LogP contribution is -2.28. The molecule has 8 heteroatoms.